The van der Waals surface area contributed by atoms with Crippen LogP contribution in [0.4, 0.5) is 0 Å². The van der Waals surface area contributed by atoms with Crippen LogP contribution >= 0.6 is 0 Å². The summed E-state index contributed by atoms with van der Waals surface area (Å²) in [7, 11) is 2.03. The lowest BCUT2D eigenvalue weighted by molar-refractivity contribution is 0.294. The van der Waals surface area contributed by atoms with Crippen LogP contribution in [0.3, 0.4) is 0 Å². The minimum atomic E-state index is 0.510. The number of amidine groups is 1. The molecular weight excluding hydrogens is 210 g/mol. The van der Waals surface area contributed by atoms with Crippen LogP contribution in [0.5, 0.6) is 0 Å². The summed E-state index contributed by atoms with van der Waals surface area (Å²) in [4.78, 5) is 4.56. The molecule has 1 saturated heterocycles. The second-order valence-electron chi connectivity index (χ2n) is 4.86. The Bertz CT molecular complexity index is 374. The highest BCUT2D eigenvalue weighted by atomic mass is 15.3. The lowest BCUT2D eigenvalue weighted by atomic mass is 10.2. The Morgan fingerprint density at radius 1 is 1.41 bits per heavy atom. The molecule has 1 unspecified atom stereocenters. The maximum Gasteiger partial charge on any atom is 0.0926 e. The van der Waals surface area contributed by atoms with Crippen molar-refractivity contribution in [3.63, 3.8) is 0 Å². The van der Waals surface area contributed by atoms with E-state index >= 15 is 0 Å². The molecule has 3 heteroatoms. The van der Waals surface area contributed by atoms with Gasteiger partial charge in [-0.15, -0.1) is 0 Å². The van der Waals surface area contributed by atoms with Gasteiger partial charge in [-0.1, -0.05) is 30.3 Å². The first-order chi connectivity index (χ1) is 8.16. The van der Waals surface area contributed by atoms with Gasteiger partial charge in [0.2, 0.25) is 0 Å². The fourth-order valence-corrected chi connectivity index (χ4v) is 2.39. The van der Waals surface area contributed by atoms with E-state index in [1.807, 2.05) is 14.0 Å². The first-order valence-corrected chi connectivity index (χ1v) is 6.21. The van der Waals surface area contributed by atoms with Gasteiger partial charge in [0, 0.05) is 32.7 Å². The van der Waals surface area contributed by atoms with E-state index in [2.05, 4.69) is 40.1 Å². The Balaban J connectivity index is 1.88. The van der Waals surface area contributed by atoms with Crippen molar-refractivity contribution in [1.82, 2.24) is 9.80 Å². The molecular formula is C14H21N3. The molecule has 1 aromatic rings. The van der Waals surface area contributed by atoms with Crippen LogP contribution in [0.2, 0.25) is 0 Å². The zero-order valence-corrected chi connectivity index (χ0v) is 10.7. The van der Waals surface area contributed by atoms with E-state index in [0.717, 1.165) is 19.6 Å². The lowest BCUT2D eigenvalue weighted by Crippen LogP contribution is -2.37. The highest BCUT2D eigenvalue weighted by molar-refractivity contribution is 5.76. The zero-order chi connectivity index (χ0) is 12.3. The van der Waals surface area contributed by atoms with Gasteiger partial charge in [0.05, 0.1) is 5.84 Å². The van der Waals surface area contributed by atoms with Crippen molar-refractivity contribution in [3.8, 4) is 0 Å². The first kappa shape index (κ1) is 12.1. The third kappa shape index (κ3) is 3.07. The molecule has 3 nitrogen and oxygen atoms in total. The van der Waals surface area contributed by atoms with Crippen LogP contribution < -0.4 is 0 Å². The monoisotopic (exact) mass is 231 g/mol. The minimum Gasteiger partial charge on any atom is -0.360 e. The maximum atomic E-state index is 7.66. The van der Waals surface area contributed by atoms with E-state index in [9.17, 15) is 0 Å². The summed E-state index contributed by atoms with van der Waals surface area (Å²) in [5.74, 6) is 0.663. The van der Waals surface area contributed by atoms with E-state index in [-0.39, 0.29) is 0 Å². The molecule has 2 rings (SSSR count). The van der Waals surface area contributed by atoms with Crippen LogP contribution in [0, 0.1) is 5.41 Å². The molecule has 0 spiro atoms. The molecule has 0 saturated carbocycles. The lowest BCUT2D eigenvalue weighted by Gasteiger charge is -2.25. The number of nitrogens with one attached hydrogen (secondary N) is 1. The molecule has 1 aliphatic rings. The zero-order valence-electron chi connectivity index (χ0n) is 10.7. The van der Waals surface area contributed by atoms with E-state index < -0.39 is 0 Å². The predicted molar refractivity (Wildman–Crippen MR) is 71.3 cm³/mol. The summed E-state index contributed by atoms with van der Waals surface area (Å²) < 4.78 is 0. The summed E-state index contributed by atoms with van der Waals surface area (Å²) in [5, 5.41) is 7.66. The summed E-state index contributed by atoms with van der Waals surface area (Å²) in [5.41, 5.74) is 1.38. The number of likely N-dealkylation sites (tertiary alicyclic amines) is 1. The molecule has 0 bridgehead atoms. The fourth-order valence-electron chi connectivity index (χ4n) is 2.39. The Kier molecular flexibility index (Phi) is 3.79. The van der Waals surface area contributed by atoms with Crippen molar-refractivity contribution in [1.29, 1.82) is 5.41 Å². The summed E-state index contributed by atoms with van der Waals surface area (Å²) in [6.07, 6.45) is 1.17. The molecule has 1 N–H and O–H groups in total. The summed E-state index contributed by atoms with van der Waals surface area (Å²) >= 11 is 0. The standard InChI is InChI=1S/C14H21N3/c1-12(15)16(2)14-8-9-17(11-14)10-13-6-4-3-5-7-13/h3-7,14-15H,8-11H2,1-2H3. The normalized spacial score (nSPS) is 20.5. The van der Waals surface area contributed by atoms with Gasteiger partial charge < -0.3 is 4.90 Å². The van der Waals surface area contributed by atoms with Crippen molar-refractivity contribution in [2.24, 2.45) is 0 Å². The number of rotatable bonds is 3. The van der Waals surface area contributed by atoms with Crippen molar-refractivity contribution in [2.75, 3.05) is 20.1 Å². The number of likely N-dealkylation sites (N-methyl/N-ethyl adjacent to an activating group) is 1. The first-order valence-electron chi connectivity index (χ1n) is 6.21. The average Bonchev–Trinajstić information content (AvgIpc) is 2.77. The molecule has 0 radical (unpaired) electrons. The van der Waals surface area contributed by atoms with Crippen LogP contribution in [0.25, 0.3) is 0 Å². The Hall–Kier alpha value is -1.35. The molecule has 0 aromatic heterocycles. The van der Waals surface area contributed by atoms with Crippen molar-refractivity contribution >= 4 is 5.84 Å². The largest absolute Gasteiger partial charge is 0.360 e. The second kappa shape index (κ2) is 5.32. The molecule has 1 atom stereocenters. The van der Waals surface area contributed by atoms with Crippen LogP contribution in [0.1, 0.15) is 18.9 Å². The summed E-state index contributed by atoms with van der Waals surface area (Å²) in [6, 6.07) is 11.1. The number of nitrogens with zero attached hydrogens (tertiary/aromatic N) is 2. The van der Waals surface area contributed by atoms with Gasteiger partial charge in [-0.05, 0) is 18.9 Å². The molecule has 1 fully saturated rings. The maximum absolute atomic E-state index is 7.66. The Morgan fingerprint density at radius 2 is 2.12 bits per heavy atom. The number of hydrogen-bond donors (Lipinski definition) is 1. The fraction of sp³-hybridized carbons (Fsp3) is 0.500. The van der Waals surface area contributed by atoms with Crippen LogP contribution in [0.15, 0.2) is 30.3 Å². The van der Waals surface area contributed by atoms with Crippen molar-refractivity contribution in [2.45, 2.75) is 25.9 Å². The number of benzene rings is 1. The van der Waals surface area contributed by atoms with Gasteiger partial charge in [0.15, 0.2) is 0 Å². The van der Waals surface area contributed by atoms with Gasteiger partial charge in [0.25, 0.3) is 0 Å². The average molecular weight is 231 g/mol. The summed E-state index contributed by atoms with van der Waals surface area (Å²) in [6.45, 7) is 5.10. The highest BCUT2D eigenvalue weighted by Gasteiger charge is 2.25. The Morgan fingerprint density at radius 3 is 2.76 bits per heavy atom. The predicted octanol–water partition coefficient (Wildman–Crippen LogP) is 2.19. The van der Waals surface area contributed by atoms with Gasteiger partial charge >= 0.3 is 0 Å². The molecule has 0 aliphatic carbocycles. The van der Waals surface area contributed by atoms with Gasteiger partial charge in [-0.25, -0.2) is 0 Å². The molecule has 1 heterocycles. The Labute approximate surface area is 104 Å². The van der Waals surface area contributed by atoms with Gasteiger partial charge in [-0.3, -0.25) is 10.3 Å². The van der Waals surface area contributed by atoms with E-state index in [1.54, 1.807) is 0 Å². The molecule has 92 valence electrons. The van der Waals surface area contributed by atoms with Gasteiger partial charge in [0.1, 0.15) is 0 Å². The third-order valence-electron chi connectivity index (χ3n) is 3.57. The van der Waals surface area contributed by atoms with E-state index in [1.165, 1.54) is 12.0 Å². The molecule has 1 aliphatic heterocycles. The molecule has 17 heavy (non-hydrogen) atoms. The van der Waals surface area contributed by atoms with Crippen LogP contribution in [-0.4, -0.2) is 41.8 Å². The minimum absolute atomic E-state index is 0.510. The topological polar surface area (TPSA) is 30.3 Å². The van der Waals surface area contributed by atoms with Crippen molar-refractivity contribution < 1.29 is 0 Å². The second-order valence-corrected chi connectivity index (χ2v) is 4.86. The van der Waals surface area contributed by atoms with E-state index in [4.69, 9.17) is 5.41 Å². The quantitative estimate of drug-likeness (QED) is 0.638. The molecule has 1 aromatic carbocycles. The SMILES string of the molecule is CC(=N)N(C)C1CCN(Cc2ccccc2)C1. The smallest absolute Gasteiger partial charge is 0.0926 e. The number of hydrogen-bond acceptors (Lipinski definition) is 2. The highest BCUT2D eigenvalue weighted by Crippen LogP contribution is 2.17. The van der Waals surface area contributed by atoms with Gasteiger partial charge in [-0.2, -0.15) is 0 Å². The van der Waals surface area contributed by atoms with Crippen molar-refractivity contribution in [3.05, 3.63) is 35.9 Å². The van der Waals surface area contributed by atoms with Crippen LogP contribution in [-0.2, 0) is 6.54 Å². The molecule has 0 amide bonds. The van der Waals surface area contributed by atoms with E-state index in [0.29, 0.717) is 11.9 Å². The third-order valence-corrected chi connectivity index (χ3v) is 3.57.